The quantitative estimate of drug-likeness (QED) is 0.220. The Hall–Kier alpha value is -3.57. The number of likely N-dealkylation sites (tertiary alicyclic amines) is 1. The molecule has 2 aliphatic carbocycles. The molecule has 2 heterocycles. The van der Waals surface area contributed by atoms with Crippen molar-refractivity contribution in [3.63, 3.8) is 0 Å². The van der Waals surface area contributed by atoms with Crippen LogP contribution < -0.4 is 14.8 Å². The standard InChI is InChI=1S/C38H54F2N4O6/c1-20(2)32(45)31-22(4)30(19-44(31)35(46)29(43-36(47)48)18-37(5,6)7)50-34-33(41-27-15-14-25(49-8)17-28(27)42-34)38(39,40)26-16-24(26)13-12-23-11-9-10-21(23)3/h14-15,17,20-24,26,29-31,43H,9-13,16,18-19H2,1-8H3,(H,47,48). The zero-order valence-corrected chi connectivity index (χ0v) is 30.7. The summed E-state index contributed by atoms with van der Waals surface area (Å²) in [7, 11) is 1.50. The van der Waals surface area contributed by atoms with Gasteiger partial charge in [-0.05, 0) is 61.0 Å². The number of ketones is 1. The van der Waals surface area contributed by atoms with Gasteiger partial charge in [0.05, 0.1) is 30.7 Å². The third-order valence-electron chi connectivity index (χ3n) is 11.1. The second-order valence-corrected chi connectivity index (χ2v) is 16.5. The van der Waals surface area contributed by atoms with Crippen molar-refractivity contribution in [2.24, 2.45) is 40.9 Å². The lowest BCUT2D eigenvalue weighted by Crippen LogP contribution is -2.53. The minimum absolute atomic E-state index is 0.112. The average molecular weight is 701 g/mol. The second kappa shape index (κ2) is 14.6. The highest BCUT2D eigenvalue weighted by Gasteiger charge is 2.58. The smallest absolute Gasteiger partial charge is 0.405 e. The maximum absolute atomic E-state index is 16.6. The normalized spacial score (nSPS) is 27.4. The number of benzene rings is 1. The number of carboxylic acid groups (broad SMARTS) is 1. The van der Waals surface area contributed by atoms with Crippen LogP contribution in [0.4, 0.5) is 13.6 Å². The largest absolute Gasteiger partial charge is 0.497 e. The predicted octanol–water partition coefficient (Wildman–Crippen LogP) is 7.47. The Morgan fingerprint density at radius 1 is 1.06 bits per heavy atom. The molecule has 2 aromatic rings. The Kier molecular flexibility index (Phi) is 11.0. The summed E-state index contributed by atoms with van der Waals surface area (Å²) < 4.78 is 44.9. The maximum Gasteiger partial charge on any atom is 0.405 e. The van der Waals surface area contributed by atoms with Crippen molar-refractivity contribution in [1.29, 1.82) is 0 Å². The molecule has 3 aliphatic rings. The fourth-order valence-corrected chi connectivity index (χ4v) is 8.10. The number of fused-ring (bicyclic) bond motifs is 1. The molecule has 12 heteroatoms. The van der Waals surface area contributed by atoms with Crippen LogP contribution in [0.2, 0.25) is 0 Å². The first-order valence-electron chi connectivity index (χ1n) is 18.2. The highest BCUT2D eigenvalue weighted by Crippen LogP contribution is 2.58. The van der Waals surface area contributed by atoms with E-state index >= 15 is 8.78 Å². The van der Waals surface area contributed by atoms with E-state index in [2.05, 4.69) is 22.2 Å². The minimum Gasteiger partial charge on any atom is -0.497 e. The first-order valence-corrected chi connectivity index (χ1v) is 18.2. The number of amides is 2. The van der Waals surface area contributed by atoms with E-state index in [0.717, 1.165) is 19.3 Å². The van der Waals surface area contributed by atoms with Crippen molar-refractivity contribution in [2.45, 2.75) is 118 Å². The van der Waals surface area contributed by atoms with Gasteiger partial charge in [0, 0.05) is 23.8 Å². The molecule has 0 spiro atoms. The lowest BCUT2D eigenvalue weighted by Gasteiger charge is -2.32. The van der Waals surface area contributed by atoms with Gasteiger partial charge in [-0.15, -0.1) is 0 Å². The number of hydrogen-bond acceptors (Lipinski definition) is 7. The first kappa shape index (κ1) is 37.7. The Balaban J connectivity index is 1.47. The number of halogens is 2. The topological polar surface area (TPSA) is 131 Å². The van der Waals surface area contributed by atoms with Crippen molar-refractivity contribution in [3.05, 3.63) is 23.9 Å². The summed E-state index contributed by atoms with van der Waals surface area (Å²) >= 11 is 0. The van der Waals surface area contributed by atoms with Crippen LogP contribution in [0.15, 0.2) is 18.2 Å². The van der Waals surface area contributed by atoms with Gasteiger partial charge in [-0.3, -0.25) is 9.59 Å². The number of methoxy groups -OCH3 is 1. The number of alkyl halides is 2. The highest BCUT2D eigenvalue weighted by molar-refractivity contribution is 5.93. The number of rotatable bonds is 13. The second-order valence-electron chi connectivity index (χ2n) is 16.5. The van der Waals surface area contributed by atoms with Crippen LogP contribution in [-0.4, -0.2) is 69.6 Å². The van der Waals surface area contributed by atoms with Gasteiger partial charge in [0.25, 0.3) is 5.92 Å². The number of aromatic nitrogens is 2. The summed E-state index contributed by atoms with van der Waals surface area (Å²) in [6, 6.07) is 2.78. The van der Waals surface area contributed by atoms with Gasteiger partial charge in [-0.2, -0.15) is 8.78 Å². The number of ether oxygens (including phenoxy) is 2. The lowest BCUT2D eigenvalue weighted by molar-refractivity contribution is -0.141. The molecule has 0 bridgehead atoms. The van der Waals surface area contributed by atoms with E-state index in [1.807, 2.05) is 20.8 Å². The molecule has 8 unspecified atom stereocenters. The molecule has 2 saturated carbocycles. The van der Waals surface area contributed by atoms with Gasteiger partial charge >= 0.3 is 6.09 Å². The molecular weight excluding hydrogens is 646 g/mol. The molecule has 1 aromatic carbocycles. The number of hydrogen-bond donors (Lipinski definition) is 2. The van der Waals surface area contributed by atoms with Crippen LogP contribution in [0.5, 0.6) is 11.6 Å². The summed E-state index contributed by atoms with van der Waals surface area (Å²) in [6.07, 6.45) is 3.60. The molecule has 5 rings (SSSR count). The first-order chi connectivity index (χ1) is 23.4. The summed E-state index contributed by atoms with van der Waals surface area (Å²) in [5.74, 6) is -4.81. The van der Waals surface area contributed by atoms with Crippen LogP contribution in [0.1, 0.15) is 99.1 Å². The van der Waals surface area contributed by atoms with Gasteiger partial charge in [-0.1, -0.05) is 67.7 Å². The molecule has 2 N–H and O–H groups in total. The van der Waals surface area contributed by atoms with Gasteiger partial charge < -0.3 is 24.8 Å². The fraction of sp³-hybridized carbons (Fsp3) is 0.711. The van der Waals surface area contributed by atoms with Crippen molar-refractivity contribution < 1.29 is 37.7 Å². The maximum atomic E-state index is 16.6. The van der Waals surface area contributed by atoms with Crippen LogP contribution in [0.3, 0.4) is 0 Å². The molecule has 0 radical (unpaired) electrons. The van der Waals surface area contributed by atoms with Gasteiger partial charge in [0.2, 0.25) is 11.8 Å². The lowest BCUT2D eigenvalue weighted by atomic mass is 9.87. The molecule has 3 fully saturated rings. The SMILES string of the molecule is COc1ccc2nc(C(F)(F)C3CC3CCC3CCCC3C)c(OC3CN(C(=O)C(CC(C)(C)C)NC(=O)O)C(C(=O)C(C)C)C3C)nc2c1. The minimum atomic E-state index is -3.32. The molecule has 1 saturated heterocycles. The number of nitrogens with one attached hydrogen (secondary N) is 1. The molecule has 276 valence electrons. The highest BCUT2D eigenvalue weighted by atomic mass is 19.3. The van der Waals surface area contributed by atoms with E-state index in [0.29, 0.717) is 29.5 Å². The summed E-state index contributed by atoms with van der Waals surface area (Å²) in [5, 5.41) is 11.9. The van der Waals surface area contributed by atoms with E-state index in [-0.39, 0.29) is 36.1 Å². The molecule has 8 atom stereocenters. The number of carbonyl (C=O) groups is 3. The van der Waals surface area contributed by atoms with E-state index in [4.69, 9.17) is 9.47 Å². The Bertz CT molecular complexity index is 1580. The predicted molar refractivity (Wildman–Crippen MR) is 185 cm³/mol. The molecule has 50 heavy (non-hydrogen) atoms. The van der Waals surface area contributed by atoms with Crippen molar-refractivity contribution in [3.8, 4) is 11.6 Å². The van der Waals surface area contributed by atoms with Crippen LogP contribution >= 0.6 is 0 Å². The average Bonchev–Trinajstić information content (AvgIpc) is 3.62. The molecular formula is C38H54F2N4O6. The Morgan fingerprint density at radius 2 is 1.76 bits per heavy atom. The fourth-order valence-electron chi connectivity index (χ4n) is 8.10. The summed E-state index contributed by atoms with van der Waals surface area (Å²) in [6.45, 7) is 13.0. The van der Waals surface area contributed by atoms with Crippen LogP contribution in [0.25, 0.3) is 11.0 Å². The van der Waals surface area contributed by atoms with Crippen molar-refractivity contribution >= 4 is 28.8 Å². The van der Waals surface area contributed by atoms with E-state index in [1.165, 1.54) is 24.9 Å². The van der Waals surface area contributed by atoms with Crippen molar-refractivity contribution in [2.75, 3.05) is 13.7 Å². The molecule has 2 amide bonds. The van der Waals surface area contributed by atoms with Crippen LogP contribution in [0, 0.1) is 40.9 Å². The van der Waals surface area contributed by atoms with E-state index in [1.54, 1.807) is 39.0 Å². The zero-order chi connectivity index (χ0) is 36.7. The third kappa shape index (κ3) is 8.15. The summed E-state index contributed by atoms with van der Waals surface area (Å²) in [4.78, 5) is 49.8. The van der Waals surface area contributed by atoms with Crippen molar-refractivity contribution in [1.82, 2.24) is 20.2 Å². The zero-order valence-electron chi connectivity index (χ0n) is 30.7. The monoisotopic (exact) mass is 700 g/mol. The third-order valence-corrected chi connectivity index (χ3v) is 11.1. The number of nitrogens with zero attached hydrogens (tertiary/aromatic N) is 3. The van der Waals surface area contributed by atoms with E-state index in [9.17, 15) is 19.5 Å². The Labute approximate surface area is 294 Å². The number of Topliss-reactive ketones (excluding diaryl/α,β-unsaturated/α-hetero) is 1. The summed E-state index contributed by atoms with van der Waals surface area (Å²) in [5.41, 5.74) is -0.372. The van der Waals surface area contributed by atoms with Gasteiger partial charge in [-0.25, -0.2) is 14.8 Å². The molecule has 1 aromatic heterocycles. The van der Waals surface area contributed by atoms with Crippen LogP contribution in [-0.2, 0) is 15.5 Å². The Morgan fingerprint density at radius 3 is 2.36 bits per heavy atom. The van der Waals surface area contributed by atoms with E-state index < -0.39 is 65.0 Å². The molecule has 1 aliphatic heterocycles. The molecule has 10 nitrogen and oxygen atoms in total. The van der Waals surface area contributed by atoms with Gasteiger partial charge in [0.1, 0.15) is 17.9 Å². The number of carbonyl (C=O) groups excluding carboxylic acids is 2. The van der Waals surface area contributed by atoms with Gasteiger partial charge in [0.15, 0.2) is 11.5 Å².